The molecule has 144 valence electrons. The topological polar surface area (TPSA) is 89.8 Å². The maximum atomic E-state index is 13.2. The van der Waals surface area contributed by atoms with Crippen molar-refractivity contribution >= 4 is 22.4 Å². The standard InChI is InChI=1S/C21H17N5O2S/c1-13-23-24-21(29-13)22-19(27)17-16(14-9-5-3-6-10-14)18(25-26(2)20(17)28)15-11-7-4-8-12-15/h3-12H,1-2H3,(H,22,24,27). The molecule has 0 saturated carbocycles. The van der Waals surface area contributed by atoms with Crippen LogP contribution >= 0.6 is 11.3 Å². The van der Waals surface area contributed by atoms with Gasteiger partial charge in [-0.1, -0.05) is 72.0 Å². The van der Waals surface area contributed by atoms with E-state index in [1.54, 1.807) is 6.92 Å². The number of rotatable bonds is 4. The Labute approximate surface area is 170 Å². The van der Waals surface area contributed by atoms with Crippen molar-refractivity contribution in [2.45, 2.75) is 6.92 Å². The molecule has 0 aliphatic heterocycles. The summed E-state index contributed by atoms with van der Waals surface area (Å²) in [5, 5.41) is 16.1. The van der Waals surface area contributed by atoms with Gasteiger partial charge in [0.05, 0.1) is 5.69 Å². The lowest BCUT2D eigenvalue weighted by Crippen LogP contribution is -2.31. The number of anilines is 1. The van der Waals surface area contributed by atoms with Crippen LogP contribution in [0.4, 0.5) is 5.13 Å². The maximum absolute atomic E-state index is 13.2. The van der Waals surface area contributed by atoms with Gasteiger partial charge in [0.2, 0.25) is 5.13 Å². The van der Waals surface area contributed by atoms with Gasteiger partial charge in [-0.15, -0.1) is 10.2 Å². The summed E-state index contributed by atoms with van der Waals surface area (Å²) in [4.78, 5) is 26.2. The lowest BCUT2D eigenvalue weighted by Gasteiger charge is -2.15. The van der Waals surface area contributed by atoms with Gasteiger partial charge in [0.1, 0.15) is 10.6 Å². The zero-order chi connectivity index (χ0) is 20.4. The molecule has 29 heavy (non-hydrogen) atoms. The maximum Gasteiger partial charge on any atom is 0.280 e. The average molecular weight is 403 g/mol. The fraction of sp³-hybridized carbons (Fsp3) is 0.0952. The fourth-order valence-corrected chi connectivity index (χ4v) is 3.62. The van der Waals surface area contributed by atoms with Crippen LogP contribution in [0.15, 0.2) is 65.5 Å². The Morgan fingerprint density at radius 2 is 1.59 bits per heavy atom. The van der Waals surface area contributed by atoms with E-state index in [9.17, 15) is 9.59 Å². The van der Waals surface area contributed by atoms with Crippen molar-refractivity contribution in [1.29, 1.82) is 0 Å². The Morgan fingerprint density at radius 3 is 2.17 bits per heavy atom. The number of hydrogen-bond acceptors (Lipinski definition) is 6. The molecule has 0 unspecified atom stereocenters. The first-order chi connectivity index (χ1) is 14.0. The molecule has 0 atom stereocenters. The molecule has 2 heterocycles. The number of benzene rings is 2. The third kappa shape index (κ3) is 3.70. The van der Waals surface area contributed by atoms with E-state index in [-0.39, 0.29) is 5.56 Å². The Morgan fingerprint density at radius 1 is 0.966 bits per heavy atom. The van der Waals surface area contributed by atoms with Gasteiger partial charge in [-0.3, -0.25) is 14.9 Å². The van der Waals surface area contributed by atoms with Gasteiger partial charge in [0, 0.05) is 18.2 Å². The zero-order valence-electron chi connectivity index (χ0n) is 15.8. The predicted molar refractivity (Wildman–Crippen MR) is 113 cm³/mol. The normalized spacial score (nSPS) is 10.7. The minimum absolute atomic E-state index is 0.0143. The first kappa shape index (κ1) is 18.7. The molecule has 4 rings (SSSR count). The summed E-state index contributed by atoms with van der Waals surface area (Å²) in [7, 11) is 1.54. The Hall–Kier alpha value is -3.65. The van der Waals surface area contributed by atoms with Crippen molar-refractivity contribution < 1.29 is 4.79 Å². The van der Waals surface area contributed by atoms with Crippen LogP contribution in [0.2, 0.25) is 0 Å². The summed E-state index contributed by atoms with van der Waals surface area (Å²) >= 11 is 1.24. The highest BCUT2D eigenvalue weighted by molar-refractivity contribution is 7.15. The fourth-order valence-electron chi connectivity index (χ4n) is 3.03. The average Bonchev–Trinajstić information content (AvgIpc) is 3.15. The minimum atomic E-state index is -0.541. The number of hydrogen-bond donors (Lipinski definition) is 1. The Bertz CT molecular complexity index is 1230. The van der Waals surface area contributed by atoms with E-state index in [1.165, 1.54) is 23.1 Å². The highest BCUT2D eigenvalue weighted by Gasteiger charge is 2.25. The quantitative estimate of drug-likeness (QED) is 0.563. The summed E-state index contributed by atoms with van der Waals surface area (Å²) in [5.74, 6) is -0.541. The first-order valence-electron chi connectivity index (χ1n) is 8.88. The number of carbonyl (C=O) groups is 1. The molecule has 1 amide bonds. The van der Waals surface area contributed by atoms with E-state index in [2.05, 4.69) is 20.6 Å². The van der Waals surface area contributed by atoms with Crippen molar-refractivity contribution in [1.82, 2.24) is 20.0 Å². The van der Waals surface area contributed by atoms with E-state index in [0.29, 0.717) is 16.4 Å². The van der Waals surface area contributed by atoms with Crippen LogP contribution in [0.5, 0.6) is 0 Å². The second-order valence-electron chi connectivity index (χ2n) is 6.34. The molecule has 0 bridgehead atoms. The van der Waals surface area contributed by atoms with Crippen molar-refractivity contribution in [2.24, 2.45) is 7.05 Å². The molecule has 0 saturated heterocycles. The molecular formula is C21H17N5O2S. The van der Waals surface area contributed by atoms with Crippen molar-refractivity contribution in [2.75, 3.05) is 5.32 Å². The summed E-state index contributed by atoms with van der Waals surface area (Å²) in [5.41, 5.74) is 2.11. The monoisotopic (exact) mass is 403 g/mol. The van der Waals surface area contributed by atoms with Crippen molar-refractivity contribution in [3.8, 4) is 22.4 Å². The summed E-state index contributed by atoms with van der Waals surface area (Å²) in [6, 6.07) is 18.8. The van der Waals surface area contributed by atoms with E-state index >= 15 is 0 Å². The summed E-state index contributed by atoms with van der Waals surface area (Å²) in [6.07, 6.45) is 0. The van der Waals surface area contributed by atoms with Gasteiger partial charge < -0.3 is 0 Å². The molecule has 0 aliphatic carbocycles. The van der Waals surface area contributed by atoms with Gasteiger partial charge in [0.15, 0.2) is 0 Å². The summed E-state index contributed by atoms with van der Waals surface area (Å²) < 4.78 is 1.19. The van der Waals surface area contributed by atoms with Gasteiger partial charge in [-0.25, -0.2) is 4.68 Å². The van der Waals surface area contributed by atoms with E-state index < -0.39 is 11.5 Å². The predicted octanol–water partition coefficient (Wildman–Crippen LogP) is 3.53. The molecule has 4 aromatic rings. The van der Waals surface area contributed by atoms with Gasteiger partial charge in [0.25, 0.3) is 11.5 Å². The smallest absolute Gasteiger partial charge is 0.280 e. The number of nitrogens with one attached hydrogen (secondary N) is 1. The van der Waals surface area contributed by atoms with Gasteiger partial charge in [-0.05, 0) is 12.5 Å². The van der Waals surface area contributed by atoms with Crippen LogP contribution in [0.25, 0.3) is 22.4 Å². The van der Waals surface area contributed by atoms with Crippen LogP contribution in [-0.4, -0.2) is 25.9 Å². The van der Waals surface area contributed by atoms with Gasteiger partial charge in [-0.2, -0.15) is 5.10 Å². The van der Waals surface area contributed by atoms with Crippen LogP contribution in [0.1, 0.15) is 15.4 Å². The third-order valence-corrected chi connectivity index (χ3v) is 5.08. The molecule has 1 N–H and O–H groups in total. The SMILES string of the molecule is Cc1nnc(NC(=O)c2c(-c3ccccc3)c(-c3ccccc3)nn(C)c2=O)s1. The van der Waals surface area contributed by atoms with Crippen LogP contribution in [0.3, 0.4) is 0 Å². The number of carbonyl (C=O) groups excluding carboxylic acids is 1. The Balaban J connectivity index is 1.97. The lowest BCUT2D eigenvalue weighted by atomic mass is 9.95. The number of amides is 1. The highest BCUT2D eigenvalue weighted by Crippen LogP contribution is 2.32. The second-order valence-corrected chi connectivity index (χ2v) is 7.52. The Kier molecular flexibility index (Phi) is 5.01. The molecule has 7 nitrogen and oxygen atoms in total. The van der Waals surface area contributed by atoms with Gasteiger partial charge >= 0.3 is 0 Å². The van der Waals surface area contributed by atoms with Crippen LogP contribution in [0, 0.1) is 6.92 Å². The molecule has 2 aromatic heterocycles. The van der Waals surface area contributed by atoms with Crippen LogP contribution in [-0.2, 0) is 7.05 Å². The van der Waals surface area contributed by atoms with E-state index in [4.69, 9.17) is 0 Å². The van der Waals surface area contributed by atoms with E-state index in [1.807, 2.05) is 60.7 Å². The molecular weight excluding hydrogens is 386 g/mol. The first-order valence-corrected chi connectivity index (χ1v) is 9.70. The molecule has 0 radical (unpaired) electrons. The van der Waals surface area contributed by atoms with Crippen molar-refractivity contribution in [3.63, 3.8) is 0 Å². The molecule has 0 aliphatic rings. The second kappa shape index (κ2) is 7.76. The largest absolute Gasteiger partial charge is 0.296 e. The number of aryl methyl sites for hydroxylation is 2. The third-order valence-electron chi connectivity index (χ3n) is 4.33. The highest BCUT2D eigenvalue weighted by atomic mass is 32.1. The minimum Gasteiger partial charge on any atom is -0.296 e. The molecule has 8 heteroatoms. The number of aromatic nitrogens is 4. The zero-order valence-corrected chi connectivity index (χ0v) is 16.6. The van der Waals surface area contributed by atoms with E-state index in [0.717, 1.165) is 16.1 Å². The van der Waals surface area contributed by atoms with Crippen LogP contribution < -0.4 is 10.9 Å². The van der Waals surface area contributed by atoms with Crippen molar-refractivity contribution in [3.05, 3.63) is 81.6 Å². The lowest BCUT2D eigenvalue weighted by molar-refractivity contribution is 0.102. The molecule has 0 fully saturated rings. The molecule has 0 spiro atoms. The summed E-state index contributed by atoms with van der Waals surface area (Å²) in [6.45, 7) is 1.79. The molecule has 2 aromatic carbocycles. The number of nitrogens with zero attached hydrogens (tertiary/aromatic N) is 4.